The number of hydrogen-bond donors (Lipinski definition) is 0. The molecule has 0 spiro atoms. The lowest BCUT2D eigenvalue weighted by Gasteiger charge is -2.22. The summed E-state index contributed by atoms with van der Waals surface area (Å²) < 4.78 is 1.29. The Kier molecular flexibility index (Phi) is 3.30. The number of halogens is 1. The van der Waals surface area contributed by atoms with Crippen molar-refractivity contribution in [1.29, 1.82) is 0 Å². The molecular formula is C16H17I. The van der Waals surface area contributed by atoms with Gasteiger partial charge in [-0.3, -0.25) is 0 Å². The first kappa shape index (κ1) is 12.6. The van der Waals surface area contributed by atoms with E-state index in [2.05, 4.69) is 80.3 Å². The minimum absolute atomic E-state index is 0.0626. The Balaban J connectivity index is 2.76. The Bertz CT molecular complexity index is 530. The second kappa shape index (κ2) is 4.45. The second-order valence-electron chi connectivity index (χ2n) is 4.85. The Hall–Kier alpha value is -0.830. The molecule has 0 radical (unpaired) electrons. The smallest absolute Gasteiger partial charge is 0.0159 e. The van der Waals surface area contributed by atoms with Crippen molar-refractivity contribution < 1.29 is 0 Å². The summed E-state index contributed by atoms with van der Waals surface area (Å²) in [7, 11) is 0. The van der Waals surface area contributed by atoms with E-state index in [9.17, 15) is 0 Å². The maximum Gasteiger partial charge on any atom is 0.0159 e. The highest BCUT2D eigenvalue weighted by Gasteiger charge is 2.35. The summed E-state index contributed by atoms with van der Waals surface area (Å²) in [5, 5.41) is 0. The van der Waals surface area contributed by atoms with Crippen molar-refractivity contribution in [2.45, 2.75) is 26.2 Å². The third kappa shape index (κ3) is 1.90. The van der Waals surface area contributed by atoms with Gasteiger partial charge in [-0.05, 0) is 63.9 Å². The first-order valence-corrected chi connectivity index (χ1v) is 6.90. The number of hydrogen-bond acceptors (Lipinski definition) is 0. The molecule has 1 heteroatoms. The summed E-state index contributed by atoms with van der Waals surface area (Å²) in [5.41, 5.74) is 5.47. The van der Waals surface area contributed by atoms with Crippen LogP contribution >= 0.6 is 22.6 Å². The molecule has 1 aromatic rings. The average Bonchev–Trinajstić information content (AvgIpc) is 2.48. The van der Waals surface area contributed by atoms with Crippen molar-refractivity contribution in [2.24, 2.45) is 0 Å². The lowest BCUT2D eigenvalue weighted by Crippen LogP contribution is -2.16. The van der Waals surface area contributed by atoms with Crippen LogP contribution in [0, 0.1) is 3.57 Å². The van der Waals surface area contributed by atoms with Gasteiger partial charge in [0, 0.05) is 8.99 Å². The highest BCUT2D eigenvalue weighted by atomic mass is 127. The third-order valence-corrected chi connectivity index (χ3v) is 4.12. The van der Waals surface area contributed by atoms with Gasteiger partial charge in [-0.25, -0.2) is 0 Å². The predicted molar refractivity (Wildman–Crippen MR) is 84.1 cm³/mol. The molecule has 0 heterocycles. The number of rotatable bonds is 2. The molecule has 0 saturated carbocycles. The summed E-state index contributed by atoms with van der Waals surface area (Å²) in [4.78, 5) is 0. The average molecular weight is 336 g/mol. The van der Waals surface area contributed by atoms with E-state index in [1.54, 1.807) is 0 Å². The van der Waals surface area contributed by atoms with Crippen molar-refractivity contribution in [3.8, 4) is 0 Å². The second-order valence-corrected chi connectivity index (χ2v) is 6.09. The molecule has 0 aliphatic heterocycles. The minimum Gasteiger partial charge on any atom is -0.0987 e. The summed E-state index contributed by atoms with van der Waals surface area (Å²) in [5.74, 6) is 0. The molecular weight excluding hydrogens is 319 g/mol. The summed E-state index contributed by atoms with van der Waals surface area (Å²) >= 11 is 2.38. The molecule has 1 aliphatic rings. The van der Waals surface area contributed by atoms with E-state index in [0.29, 0.717) is 0 Å². The normalized spacial score (nSPS) is 17.6. The van der Waals surface area contributed by atoms with Gasteiger partial charge in [-0.15, -0.1) is 0 Å². The fourth-order valence-electron chi connectivity index (χ4n) is 2.61. The van der Waals surface area contributed by atoms with Gasteiger partial charge in [0.1, 0.15) is 0 Å². The summed E-state index contributed by atoms with van der Waals surface area (Å²) in [6.45, 7) is 10.6. The summed E-state index contributed by atoms with van der Waals surface area (Å²) in [6, 6.07) is 6.69. The third-order valence-electron chi connectivity index (χ3n) is 3.45. The standard InChI is InChI=1S/C16H17I/c1-5-7-12-13-9-8-11(17)10-15(13)16(3,4)14(12)6-2/h5-10H,2H2,1,3-4H3/b7-5-. The quantitative estimate of drug-likeness (QED) is 0.659. The van der Waals surface area contributed by atoms with E-state index in [-0.39, 0.29) is 5.41 Å². The van der Waals surface area contributed by atoms with Crippen LogP contribution in [0.15, 0.2) is 48.6 Å². The van der Waals surface area contributed by atoms with Gasteiger partial charge in [0.15, 0.2) is 0 Å². The number of fused-ring (bicyclic) bond motifs is 1. The van der Waals surface area contributed by atoms with Crippen LogP contribution in [0.4, 0.5) is 0 Å². The van der Waals surface area contributed by atoms with Gasteiger partial charge >= 0.3 is 0 Å². The van der Waals surface area contributed by atoms with Crippen LogP contribution < -0.4 is 0 Å². The number of benzene rings is 1. The largest absolute Gasteiger partial charge is 0.0987 e. The fraction of sp³-hybridized carbons (Fsp3) is 0.250. The van der Waals surface area contributed by atoms with E-state index in [1.807, 2.05) is 6.08 Å². The highest BCUT2D eigenvalue weighted by molar-refractivity contribution is 14.1. The molecule has 0 fully saturated rings. The molecule has 2 rings (SSSR count). The lowest BCUT2D eigenvalue weighted by atomic mass is 9.81. The predicted octanol–water partition coefficient (Wildman–Crippen LogP) is 5.10. The molecule has 1 aromatic carbocycles. The highest BCUT2D eigenvalue weighted by Crippen LogP contribution is 2.47. The van der Waals surface area contributed by atoms with E-state index in [0.717, 1.165) is 0 Å². The molecule has 0 aromatic heterocycles. The Morgan fingerprint density at radius 1 is 1.29 bits per heavy atom. The van der Waals surface area contributed by atoms with Gasteiger partial charge in [-0.1, -0.05) is 44.7 Å². The van der Waals surface area contributed by atoms with E-state index in [4.69, 9.17) is 0 Å². The van der Waals surface area contributed by atoms with E-state index < -0.39 is 0 Å². The Morgan fingerprint density at radius 2 is 2.00 bits per heavy atom. The monoisotopic (exact) mass is 336 g/mol. The first-order valence-electron chi connectivity index (χ1n) is 5.82. The number of allylic oxidation sites excluding steroid dienone is 5. The zero-order chi connectivity index (χ0) is 12.6. The fourth-order valence-corrected chi connectivity index (χ4v) is 3.10. The van der Waals surface area contributed by atoms with Crippen LogP contribution in [-0.2, 0) is 5.41 Å². The van der Waals surface area contributed by atoms with Crippen molar-refractivity contribution >= 4 is 28.2 Å². The van der Waals surface area contributed by atoms with Crippen LogP contribution in [0.3, 0.4) is 0 Å². The van der Waals surface area contributed by atoms with Gasteiger partial charge in [0.05, 0.1) is 0 Å². The van der Waals surface area contributed by atoms with Crippen molar-refractivity contribution in [3.63, 3.8) is 0 Å². The molecule has 1 aliphatic carbocycles. The molecule has 0 unspecified atom stereocenters. The van der Waals surface area contributed by atoms with Crippen LogP contribution in [0.1, 0.15) is 31.9 Å². The summed E-state index contributed by atoms with van der Waals surface area (Å²) in [6.07, 6.45) is 6.29. The molecule has 88 valence electrons. The topological polar surface area (TPSA) is 0 Å². The van der Waals surface area contributed by atoms with Crippen molar-refractivity contribution in [3.05, 3.63) is 63.3 Å². The zero-order valence-corrected chi connectivity index (χ0v) is 12.7. The van der Waals surface area contributed by atoms with E-state index >= 15 is 0 Å². The maximum absolute atomic E-state index is 3.98. The lowest BCUT2D eigenvalue weighted by molar-refractivity contribution is 0.654. The molecule has 0 amide bonds. The maximum atomic E-state index is 3.98. The molecule has 0 bridgehead atoms. The van der Waals surface area contributed by atoms with Crippen LogP contribution in [-0.4, -0.2) is 0 Å². The molecule has 17 heavy (non-hydrogen) atoms. The SMILES string of the molecule is C=CC1=C(/C=C\C)c2ccc(I)cc2C1(C)C. The minimum atomic E-state index is 0.0626. The van der Waals surface area contributed by atoms with Gasteiger partial charge in [-0.2, -0.15) is 0 Å². The van der Waals surface area contributed by atoms with Gasteiger partial charge < -0.3 is 0 Å². The Labute approximate surface area is 117 Å². The Morgan fingerprint density at radius 3 is 2.59 bits per heavy atom. The van der Waals surface area contributed by atoms with Crippen LogP contribution in [0.25, 0.3) is 5.57 Å². The first-order chi connectivity index (χ1) is 8.02. The molecule has 0 nitrogen and oxygen atoms in total. The molecule has 0 atom stereocenters. The van der Waals surface area contributed by atoms with Gasteiger partial charge in [0.2, 0.25) is 0 Å². The van der Waals surface area contributed by atoms with Crippen LogP contribution in [0.2, 0.25) is 0 Å². The van der Waals surface area contributed by atoms with Crippen molar-refractivity contribution in [2.75, 3.05) is 0 Å². The molecule has 0 saturated heterocycles. The molecule has 0 N–H and O–H groups in total. The zero-order valence-electron chi connectivity index (χ0n) is 10.5. The van der Waals surface area contributed by atoms with Crippen LogP contribution in [0.5, 0.6) is 0 Å². The van der Waals surface area contributed by atoms with Crippen molar-refractivity contribution in [1.82, 2.24) is 0 Å². The van der Waals surface area contributed by atoms with E-state index in [1.165, 1.54) is 25.8 Å². The van der Waals surface area contributed by atoms with Gasteiger partial charge in [0.25, 0.3) is 0 Å².